The molecule has 0 radical (unpaired) electrons. The lowest BCUT2D eigenvalue weighted by molar-refractivity contribution is -0.116. The minimum absolute atomic E-state index is 0.0703. The molecule has 0 aliphatic carbocycles. The molecule has 0 unspecified atom stereocenters. The molecule has 142 valence electrons. The van der Waals surface area contributed by atoms with Crippen LogP contribution in [0.1, 0.15) is 20.8 Å². The van der Waals surface area contributed by atoms with E-state index in [0.29, 0.717) is 24.4 Å². The van der Waals surface area contributed by atoms with Gasteiger partial charge in [-0.15, -0.1) is 11.3 Å². The van der Waals surface area contributed by atoms with E-state index in [4.69, 9.17) is 0 Å². The number of carbonyl (C=O) groups is 2. The summed E-state index contributed by atoms with van der Waals surface area (Å²) in [6, 6.07) is 15.3. The van der Waals surface area contributed by atoms with Crippen molar-refractivity contribution in [3.8, 4) is 0 Å². The highest BCUT2D eigenvalue weighted by atomic mass is 32.2. The Balaban J connectivity index is 1.38. The van der Waals surface area contributed by atoms with Gasteiger partial charge >= 0.3 is 0 Å². The van der Waals surface area contributed by atoms with E-state index in [9.17, 15) is 9.59 Å². The molecule has 3 heterocycles. The first-order chi connectivity index (χ1) is 13.7. The Hall–Kier alpha value is -2.64. The Bertz CT molecular complexity index is 972. The van der Waals surface area contributed by atoms with Crippen molar-refractivity contribution in [1.82, 2.24) is 10.3 Å². The van der Waals surface area contributed by atoms with E-state index in [1.165, 1.54) is 16.6 Å². The molecule has 1 aliphatic heterocycles. The average molecular weight is 410 g/mol. The average Bonchev–Trinajstić information content (AvgIpc) is 3.24. The van der Waals surface area contributed by atoms with Crippen LogP contribution in [-0.2, 0) is 17.8 Å². The summed E-state index contributed by atoms with van der Waals surface area (Å²) in [5.74, 6) is 0.387. The van der Waals surface area contributed by atoms with E-state index < -0.39 is 0 Å². The number of hydrogen-bond donors (Lipinski definition) is 1. The van der Waals surface area contributed by atoms with E-state index in [0.717, 1.165) is 22.7 Å². The number of rotatable bonds is 6. The van der Waals surface area contributed by atoms with Gasteiger partial charge in [0.2, 0.25) is 5.91 Å². The van der Waals surface area contributed by atoms with Gasteiger partial charge < -0.3 is 10.2 Å². The van der Waals surface area contributed by atoms with E-state index in [2.05, 4.69) is 16.4 Å². The van der Waals surface area contributed by atoms with Crippen molar-refractivity contribution >= 4 is 40.6 Å². The Morgan fingerprint density at radius 3 is 2.79 bits per heavy atom. The van der Waals surface area contributed by atoms with Crippen molar-refractivity contribution < 1.29 is 9.59 Å². The van der Waals surface area contributed by atoms with Crippen molar-refractivity contribution in [1.29, 1.82) is 0 Å². The van der Waals surface area contributed by atoms with Crippen molar-refractivity contribution in [2.75, 3.05) is 17.2 Å². The standard InChI is InChI=1S/C21H19N3O2S2/c25-19-14-28-21-18(4-1-10-23-21)24(19)13-15-5-7-16(8-6-15)20(26)22-11-9-17-3-2-12-27-17/h1-8,10,12H,9,11,13-14H2,(H,22,26). The molecule has 0 saturated heterocycles. The molecule has 1 aromatic carbocycles. The maximum atomic E-state index is 12.4. The van der Waals surface area contributed by atoms with Gasteiger partial charge in [0.25, 0.3) is 5.91 Å². The third-order valence-electron chi connectivity index (χ3n) is 4.47. The first-order valence-electron chi connectivity index (χ1n) is 8.98. The van der Waals surface area contributed by atoms with E-state index in [1.807, 2.05) is 47.8 Å². The lowest BCUT2D eigenvalue weighted by Gasteiger charge is -2.28. The zero-order chi connectivity index (χ0) is 19.3. The fourth-order valence-corrected chi connectivity index (χ4v) is 4.60. The van der Waals surface area contributed by atoms with Gasteiger partial charge in [-0.3, -0.25) is 9.59 Å². The van der Waals surface area contributed by atoms with Crippen molar-refractivity contribution in [3.63, 3.8) is 0 Å². The maximum absolute atomic E-state index is 12.4. The van der Waals surface area contributed by atoms with Crippen LogP contribution in [0.25, 0.3) is 0 Å². The van der Waals surface area contributed by atoms with Crippen molar-refractivity contribution in [2.45, 2.75) is 18.0 Å². The quantitative estimate of drug-likeness (QED) is 0.673. The van der Waals surface area contributed by atoms with Crippen LogP contribution in [-0.4, -0.2) is 29.1 Å². The largest absolute Gasteiger partial charge is 0.352 e. The van der Waals surface area contributed by atoms with Gasteiger partial charge in [-0.05, 0) is 47.7 Å². The monoisotopic (exact) mass is 409 g/mol. The van der Waals surface area contributed by atoms with Crippen molar-refractivity contribution in [2.24, 2.45) is 0 Å². The van der Waals surface area contributed by atoms with Crippen LogP contribution in [0, 0.1) is 0 Å². The fourth-order valence-electron chi connectivity index (χ4n) is 3.01. The molecule has 2 aromatic heterocycles. The number of anilines is 1. The number of amides is 2. The fraction of sp³-hybridized carbons (Fsp3) is 0.190. The molecular formula is C21H19N3O2S2. The molecule has 0 saturated carbocycles. The van der Waals surface area contributed by atoms with Crippen molar-refractivity contribution in [3.05, 3.63) is 76.1 Å². The van der Waals surface area contributed by atoms with Crippen LogP contribution in [0.15, 0.2) is 65.1 Å². The summed E-state index contributed by atoms with van der Waals surface area (Å²) in [6.07, 6.45) is 2.58. The van der Waals surface area contributed by atoms with Gasteiger partial charge in [-0.1, -0.05) is 30.0 Å². The second-order valence-corrected chi connectivity index (χ2v) is 8.37. The number of nitrogens with zero attached hydrogens (tertiary/aromatic N) is 2. The molecular weight excluding hydrogens is 390 g/mol. The summed E-state index contributed by atoms with van der Waals surface area (Å²) in [7, 11) is 0. The van der Waals surface area contributed by atoms with Gasteiger partial charge in [-0.2, -0.15) is 0 Å². The summed E-state index contributed by atoms with van der Waals surface area (Å²) in [5, 5.41) is 5.87. The van der Waals surface area contributed by atoms with Crippen LogP contribution in [0.4, 0.5) is 5.69 Å². The second kappa shape index (κ2) is 8.58. The summed E-state index contributed by atoms with van der Waals surface area (Å²) >= 11 is 3.16. The van der Waals surface area contributed by atoms with Crippen LogP contribution in [0.3, 0.4) is 0 Å². The SMILES string of the molecule is O=C(NCCc1cccs1)c1ccc(CN2C(=O)CSc3ncccc32)cc1. The lowest BCUT2D eigenvalue weighted by atomic mass is 10.1. The molecule has 4 rings (SSSR count). The predicted molar refractivity (Wildman–Crippen MR) is 113 cm³/mol. The van der Waals surface area contributed by atoms with Gasteiger partial charge in [-0.25, -0.2) is 4.98 Å². The number of thioether (sulfide) groups is 1. The van der Waals surface area contributed by atoms with Crippen LogP contribution >= 0.6 is 23.1 Å². The van der Waals surface area contributed by atoms with Gasteiger partial charge in [0.1, 0.15) is 5.03 Å². The molecule has 0 fully saturated rings. The van der Waals surface area contributed by atoms with E-state index in [-0.39, 0.29) is 11.8 Å². The zero-order valence-corrected chi connectivity index (χ0v) is 16.8. The Morgan fingerprint density at radius 1 is 1.14 bits per heavy atom. The molecule has 3 aromatic rings. The highest BCUT2D eigenvalue weighted by Gasteiger charge is 2.25. The molecule has 2 amide bonds. The Morgan fingerprint density at radius 2 is 2.00 bits per heavy atom. The van der Waals surface area contributed by atoms with E-state index >= 15 is 0 Å². The molecule has 0 atom stereocenters. The van der Waals surface area contributed by atoms with E-state index in [1.54, 1.807) is 22.4 Å². The summed E-state index contributed by atoms with van der Waals surface area (Å²) in [5.41, 5.74) is 2.45. The second-order valence-electron chi connectivity index (χ2n) is 6.38. The Labute approximate surface area is 171 Å². The summed E-state index contributed by atoms with van der Waals surface area (Å²) < 4.78 is 0. The first-order valence-corrected chi connectivity index (χ1v) is 10.8. The summed E-state index contributed by atoms with van der Waals surface area (Å²) in [4.78, 5) is 32.0. The van der Waals surface area contributed by atoms with Gasteiger partial charge in [0, 0.05) is 23.2 Å². The lowest BCUT2D eigenvalue weighted by Crippen LogP contribution is -2.35. The molecule has 7 heteroatoms. The molecule has 1 N–H and O–H groups in total. The number of benzene rings is 1. The number of fused-ring (bicyclic) bond motifs is 1. The van der Waals surface area contributed by atoms with Crippen LogP contribution < -0.4 is 10.2 Å². The molecule has 5 nitrogen and oxygen atoms in total. The first kappa shape index (κ1) is 18.7. The third-order valence-corrected chi connectivity index (χ3v) is 6.38. The normalized spacial score (nSPS) is 13.3. The highest BCUT2D eigenvalue weighted by molar-refractivity contribution is 8.00. The molecule has 28 heavy (non-hydrogen) atoms. The molecule has 0 spiro atoms. The minimum atomic E-state index is -0.0805. The molecule has 1 aliphatic rings. The molecule has 0 bridgehead atoms. The third kappa shape index (κ3) is 4.26. The number of nitrogens with one attached hydrogen (secondary N) is 1. The minimum Gasteiger partial charge on any atom is -0.352 e. The Kier molecular flexibility index (Phi) is 5.73. The smallest absolute Gasteiger partial charge is 0.251 e. The van der Waals surface area contributed by atoms with Gasteiger partial charge in [0.15, 0.2) is 0 Å². The summed E-state index contributed by atoms with van der Waals surface area (Å²) in [6.45, 7) is 1.09. The number of pyridine rings is 1. The maximum Gasteiger partial charge on any atom is 0.251 e. The van der Waals surface area contributed by atoms with Crippen LogP contribution in [0.5, 0.6) is 0 Å². The topological polar surface area (TPSA) is 62.3 Å². The number of aromatic nitrogens is 1. The number of hydrogen-bond acceptors (Lipinski definition) is 5. The van der Waals surface area contributed by atoms with Crippen LogP contribution in [0.2, 0.25) is 0 Å². The highest BCUT2D eigenvalue weighted by Crippen LogP contribution is 2.33. The predicted octanol–water partition coefficient (Wildman–Crippen LogP) is 3.75. The number of carbonyl (C=O) groups excluding carboxylic acids is 2. The van der Waals surface area contributed by atoms with Gasteiger partial charge in [0.05, 0.1) is 18.0 Å². The number of thiophene rings is 1. The zero-order valence-electron chi connectivity index (χ0n) is 15.1.